The van der Waals surface area contributed by atoms with Crippen molar-refractivity contribution in [3.8, 4) is 16.9 Å². The lowest BCUT2D eigenvalue weighted by Gasteiger charge is -2.36. The highest BCUT2D eigenvalue weighted by molar-refractivity contribution is 7.22. The standard InChI is InChI=1S/C56H53FN8O9S/c1-31-35(36-17-19-47(59-50(36)55(72)73)64-23-22-33-6-4-8-37(40(33)30-64)51(68)61-56-58-42-9-2-3-11-46(42)75-56)7-5-10-45(31)74-34-15-12-32(13-16-34)14-21-49(67)63-26-24-62(25-27-63)44-29-39-38(28-41(44)57)53(70)65(54(39)71)43-18-20-48(66)60-52(43)69/h2-11,17,19,28-29,32,34,43H,12-16,18,20-27,30H2,1H3,(H,72,73)(H,58,61,68)(H,60,66,69). The predicted molar refractivity (Wildman–Crippen MR) is 278 cm³/mol. The molecule has 6 aromatic rings. The monoisotopic (exact) mass is 1030 g/mol. The summed E-state index contributed by atoms with van der Waals surface area (Å²) in [7, 11) is 0. The molecule has 11 rings (SSSR count). The third kappa shape index (κ3) is 9.67. The number of carboxylic acids is 1. The van der Waals surface area contributed by atoms with Crippen molar-refractivity contribution in [3.63, 3.8) is 0 Å². The molecule has 1 unspecified atom stereocenters. The first-order valence-electron chi connectivity index (χ1n) is 25.4. The van der Waals surface area contributed by atoms with Crippen LogP contribution in [0.3, 0.4) is 0 Å². The van der Waals surface area contributed by atoms with Crippen LogP contribution in [0, 0.1) is 18.7 Å². The van der Waals surface area contributed by atoms with E-state index in [0.717, 1.165) is 70.0 Å². The van der Waals surface area contributed by atoms with Gasteiger partial charge in [-0.15, -0.1) is 0 Å². The maximum Gasteiger partial charge on any atom is 0.355 e. The molecule has 0 radical (unpaired) electrons. The van der Waals surface area contributed by atoms with Crippen LogP contribution in [0.5, 0.6) is 5.75 Å². The number of piperidine rings is 1. The van der Waals surface area contributed by atoms with Gasteiger partial charge in [0.2, 0.25) is 17.7 Å². The number of benzene rings is 4. The van der Waals surface area contributed by atoms with Crippen LogP contribution in [-0.4, -0.2) is 111 Å². The molecular weight excluding hydrogens is 980 g/mol. The summed E-state index contributed by atoms with van der Waals surface area (Å²) in [5.41, 5.74) is 5.19. The van der Waals surface area contributed by atoms with Crippen molar-refractivity contribution in [2.24, 2.45) is 5.92 Å². The normalized spacial score (nSPS) is 19.7. The Labute approximate surface area is 434 Å². The first-order chi connectivity index (χ1) is 36.3. The lowest BCUT2D eigenvalue weighted by molar-refractivity contribution is -0.136. The zero-order valence-electron chi connectivity index (χ0n) is 41.1. The van der Waals surface area contributed by atoms with E-state index in [1.807, 2.05) is 72.5 Å². The third-order valence-electron chi connectivity index (χ3n) is 15.3. The molecule has 2 saturated heterocycles. The molecule has 4 aliphatic heterocycles. The van der Waals surface area contributed by atoms with Gasteiger partial charge in [-0.05, 0) is 129 Å². The molecule has 4 aromatic carbocycles. The van der Waals surface area contributed by atoms with Gasteiger partial charge in [0, 0.05) is 63.2 Å². The number of aromatic carboxylic acids is 1. The van der Waals surface area contributed by atoms with E-state index in [4.69, 9.17) is 9.72 Å². The van der Waals surface area contributed by atoms with E-state index in [-0.39, 0.29) is 53.3 Å². The van der Waals surface area contributed by atoms with Gasteiger partial charge in [-0.3, -0.25) is 44.3 Å². The molecule has 1 aliphatic carbocycles. The van der Waals surface area contributed by atoms with Crippen molar-refractivity contribution < 1.29 is 47.8 Å². The minimum atomic E-state index is -1.16. The number of rotatable bonds is 12. The second kappa shape index (κ2) is 20.3. The molecule has 2 aromatic heterocycles. The quantitative estimate of drug-likeness (QED) is 0.100. The lowest BCUT2D eigenvalue weighted by atomic mass is 9.84. The van der Waals surface area contributed by atoms with Crippen LogP contribution < -0.4 is 25.2 Å². The largest absolute Gasteiger partial charge is 0.490 e. The van der Waals surface area contributed by atoms with Crippen LogP contribution in [0.4, 0.5) is 21.0 Å². The van der Waals surface area contributed by atoms with Gasteiger partial charge in [-0.1, -0.05) is 47.7 Å². The molecule has 0 spiro atoms. The highest BCUT2D eigenvalue weighted by Crippen LogP contribution is 2.38. The van der Waals surface area contributed by atoms with Crippen LogP contribution in [0.25, 0.3) is 21.3 Å². The van der Waals surface area contributed by atoms with Crippen molar-refractivity contribution >= 4 is 79.6 Å². The zero-order chi connectivity index (χ0) is 52.1. The van der Waals surface area contributed by atoms with Gasteiger partial charge >= 0.3 is 5.97 Å². The first kappa shape index (κ1) is 49.2. The summed E-state index contributed by atoms with van der Waals surface area (Å²) < 4.78 is 23.1. The lowest BCUT2D eigenvalue weighted by Crippen LogP contribution is -2.54. The summed E-state index contributed by atoms with van der Waals surface area (Å²) in [5, 5.41) is 16.2. The highest BCUT2D eigenvalue weighted by Gasteiger charge is 2.45. The molecule has 3 fully saturated rings. The van der Waals surface area contributed by atoms with Crippen molar-refractivity contribution in [2.45, 2.75) is 83.4 Å². The molecule has 1 saturated carbocycles. The average Bonchev–Trinajstić information content (AvgIpc) is 3.94. The van der Waals surface area contributed by atoms with Gasteiger partial charge in [0.25, 0.3) is 17.7 Å². The van der Waals surface area contributed by atoms with Crippen LogP contribution in [0.2, 0.25) is 0 Å². The number of pyridine rings is 1. The smallest absolute Gasteiger partial charge is 0.355 e. The van der Waals surface area contributed by atoms with Gasteiger partial charge in [-0.25, -0.2) is 19.2 Å². The molecule has 19 heteroatoms. The summed E-state index contributed by atoms with van der Waals surface area (Å²) in [5.74, 6) is -3.26. The molecule has 75 heavy (non-hydrogen) atoms. The number of imide groups is 2. The number of hydrogen-bond donors (Lipinski definition) is 3. The Morgan fingerprint density at radius 2 is 1.56 bits per heavy atom. The number of piperazine rings is 1. The molecule has 384 valence electrons. The van der Waals surface area contributed by atoms with E-state index in [2.05, 4.69) is 15.6 Å². The number of nitrogens with one attached hydrogen (secondary N) is 2. The number of fused-ring (bicyclic) bond motifs is 3. The summed E-state index contributed by atoms with van der Waals surface area (Å²) in [6, 6.07) is 23.9. The molecule has 1 atom stereocenters. The fourth-order valence-electron chi connectivity index (χ4n) is 11.2. The minimum Gasteiger partial charge on any atom is -0.490 e. The van der Waals surface area contributed by atoms with E-state index < -0.39 is 41.5 Å². The summed E-state index contributed by atoms with van der Waals surface area (Å²) in [4.78, 5) is 106. The number of nitrogens with zero attached hydrogens (tertiary/aromatic N) is 6. The van der Waals surface area contributed by atoms with Crippen molar-refractivity contribution in [3.05, 3.63) is 130 Å². The van der Waals surface area contributed by atoms with Crippen LogP contribution in [-0.2, 0) is 27.3 Å². The number of halogens is 1. The van der Waals surface area contributed by atoms with Gasteiger partial charge in [0.05, 0.1) is 33.1 Å². The second-order valence-corrected chi connectivity index (χ2v) is 20.8. The maximum absolute atomic E-state index is 15.5. The topological polar surface area (TPSA) is 212 Å². The fourth-order valence-corrected chi connectivity index (χ4v) is 12.1. The van der Waals surface area contributed by atoms with Gasteiger partial charge in [0.15, 0.2) is 10.8 Å². The molecule has 0 bridgehead atoms. The van der Waals surface area contributed by atoms with Crippen LogP contribution in [0.15, 0.2) is 84.9 Å². The van der Waals surface area contributed by atoms with E-state index in [0.29, 0.717) is 91.4 Å². The van der Waals surface area contributed by atoms with Gasteiger partial charge < -0.3 is 24.5 Å². The third-order valence-corrected chi connectivity index (χ3v) is 16.3. The highest BCUT2D eigenvalue weighted by atomic mass is 32.1. The van der Waals surface area contributed by atoms with Crippen molar-refractivity contribution in [1.29, 1.82) is 0 Å². The Kier molecular flexibility index (Phi) is 13.3. The maximum atomic E-state index is 15.5. The second-order valence-electron chi connectivity index (χ2n) is 19.8. The zero-order valence-corrected chi connectivity index (χ0v) is 41.9. The van der Waals surface area contributed by atoms with Crippen molar-refractivity contribution in [2.75, 3.05) is 47.8 Å². The van der Waals surface area contributed by atoms with E-state index in [9.17, 15) is 38.7 Å². The number of carbonyl (C=O) groups is 7. The van der Waals surface area contributed by atoms with Gasteiger partial charge in [-0.2, -0.15) is 0 Å². The number of hydrogen-bond acceptors (Lipinski definition) is 13. The Bertz CT molecular complexity index is 3310. The molecule has 3 N–H and O–H groups in total. The number of para-hydroxylation sites is 1. The van der Waals surface area contributed by atoms with Crippen LogP contribution in [0.1, 0.15) is 110 Å². The number of carbonyl (C=O) groups excluding carboxylic acids is 6. The number of aromatic nitrogens is 2. The number of anilines is 3. The average molecular weight is 1030 g/mol. The summed E-state index contributed by atoms with van der Waals surface area (Å²) in [6.45, 7) is 4.27. The fraction of sp³-hybridized carbons (Fsp3) is 0.339. The number of amides is 6. The molecule has 6 amide bonds. The van der Waals surface area contributed by atoms with Crippen molar-refractivity contribution in [1.82, 2.24) is 25.1 Å². The SMILES string of the molecule is Cc1c(OC2CCC(CCC(=O)N3CCN(c4cc5c(cc4F)C(=O)N(C4CCC(=O)NC4=O)C5=O)CC3)CC2)cccc1-c1ccc(N2CCc3cccc(C(=O)Nc4nc5ccccc5s4)c3C2)nc1C(=O)O. The summed E-state index contributed by atoms with van der Waals surface area (Å²) >= 11 is 1.41. The Morgan fingerprint density at radius 3 is 2.32 bits per heavy atom. The number of thiazole rings is 1. The molecule has 17 nitrogen and oxygen atoms in total. The number of ether oxygens (including phenoxy) is 1. The van der Waals surface area contributed by atoms with Crippen LogP contribution >= 0.6 is 11.3 Å². The van der Waals surface area contributed by atoms with E-state index >= 15 is 4.39 Å². The minimum absolute atomic E-state index is 0.000292. The Hall–Kier alpha value is -8.06. The predicted octanol–water partition coefficient (Wildman–Crippen LogP) is 7.79. The van der Waals surface area contributed by atoms with Gasteiger partial charge in [0.1, 0.15) is 23.4 Å². The Balaban J connectivity index is 0.671. The number of carboxylic acid groups (broad SMARTS) is 1. The molecule has 5 aliphatic rings. The van der Waals surface area contributed by atoms with E-state index in [1.165, 1.54) is 17.4 Å². The molecule has 6 heterocycles. The molecular formula is C56H53FN8O9S. The van der Waals surface area contributed by atoms with E-state index in [1.54, 1.807) is 21.9 Å². The summed E-state index contributed by atoms with van der Waals surface area (Å²) in [6.07, 6.45) is 5.06. The first-order valence-corrected chi connectivity index (χ1v) is 26.2. The Morgan fingerprint density at radius 1 is 0.800 bits per heavy atom.